The lowest BCUT2D eigenvalue weighted by Gasteiger charge is -2.21. The zero-order valence-corrected chi connectivity index (χ0v) is 19.2. The van der Waals surface area contributed by atoms with E-state index in [2.05, 4.69) is 19.7 Å². The van der Waals surface area contributed by atoms with Crippen molar-refractivity contribution < 1.29 is 33.0 Å². The molecule has 6 nitrogen and oxygen atoms in total. The molecule has 0 saturated heterocycles. The van der Waals surface area contributed by atoms with Crippen molar-refractivity contribution >= 4 is 23.5 Å². The van der Waals surface area contributed by atoms with Gasteiger partial charge in [-0.25, -0.2) is 18.8 Å². The summed E-state index contributed by atoms with van der Waals surface area (Å²) in [7, 11) is 0. The number of hydrogen-bond donors (Lipinski definition) is 0. The third-order valence-electron chi connectivity index (χ3n) is 5.40. The van der Waals surface area contributed by atoms with Crippen LogP contribution in [0.5, 0.6) is 17.2 Å². The van der Waals surface area contributed by atoms with Gasteiger partial charge in [-0.2, -0.15) is 0 Å². The van der Waals surface area contributed by atoms with E-state index in [0.29, 0.717) is 11.1 Å². The van der Waals surface area contributed by atoms with Crippen LogP contribution in [0.2, 0.25) is 0 Å². The summed E-state index contributed by atoms with van der Waals surface area (Å²) in [6.45, 7) is 10.1. The molecule has 0 radical (unpaired) electrons. The lowest BCUT2D eigenvalue weighted by atomic mass is 9.85. The molecular formula is C28H25FO6. The summed E-state index contributed by atoms with van der Waals surface area (Å²) in [6, 6.07) is 9.11. The summed E-state index contributed by atoms with van der Waals surface area (Å²) < 4.78 is 30.3. The Labute approximate surface area is 203 Å². The number of benzene rings is 2. The molecule has 0 atom stereocenters. The standard InChI is InChI=1S/C28H25FO6/c1-4-25(30)33-22-14-12-19(16-21(22)29)28(18-10-8-7-9-11-18)20-13-15-23(34-26(31)5-2)24(17-20)35-27(32)6-3/h4-6,12-17H,1-3,7-11H2. The Bertz CT molecular complexity index is 1220. The fourth-order valence-electron chi connectivity index (χ4n) is 3.82. The number of halogens is 1. The maximum atomic E-state index is 14.9. The Balaban J connectivity index is 2.13. The zero-order valence-electron chi connectivity index (χ0n) is 19.2. The number of ether oxygens (including phenoxy) is 3. The summed E-state index contributed by atoms with van der Waals surface area (Å²) >= 11 is 0. The normalized spacial score (nSPS) is 12.8. The Hall–Kier alpha value is -4.26. The minimum atomic E-state index is -0.763. The van der Waals surface area contributed by atoms with Gasteiger partial charge in [0.05, 0.1) is 0 Å². The summed E-state index contributed by atoms with van der Waals surface area (Å²) in [6.07, 6.45) is 7.65. The Morgan fingerprint density at radius 3 is 1.71 bits per heavy atom. The third-order valence-corrected chi connectivity index (χ3v) is 5.40. The van der Waals surface area contributed by atoms with Crippen LogP contribution in [0.1, 0.15) is 43.2 Å². The minimum absolute atomic E-state index is 0.00788. The molecule has 2 aromatic carbocycles. The number of hydrogen-bond acceptors (Lipinski definition) is 6. The largest absolute Gasteiger partial charge is 0.420 e. The van der Waals surface area contributed by atoms with Crippen LogP contribution < -0.4 is 14.2 Å². The first-order valence-corrected chi connectivity index (χ1v) is 11.1. The first-order valence-electron chi connectivity index (χ1n) is 11.1. The van der Waals surface area contributed by atoms with Crippen LogP contribution >= 0.6 is 0 Å². The molecule has 0 aliphatic heterocycles. The van der Waals surface area contributed by atoms with Crippen molar-refractivity contribution in [2.24, 2.45) is 0 Å². The van der Waals surface area contributed by atoms with Crippen LogP contribution in [-0.2, 0) is 14.4 Å². The molecule has 0 aromatic heterocycles. The SMILES string of the molecule is C=CC(=O)Oc1ccc(C(=C2CCCCC2)c2ccc(OC(=O)C=C)c(OC(=O)C=C)c2)cc1F. The van der Waals surface area contributed by atoms with Gasteiger partial charge in [0.15, 0.2) is 23.1 Å². The van der Waals surface area contributed by atoms with Crippen LogP contribution in [0.4, 0.5) is 4.39 Å². The molecule has 180 valence electrons. The third kappa shape index (κ3) is 6.41. The predicted molar refractivity (Wildman–Crippen MR) is 129 cm³/mol. The fraction of sp³-hybridized carbons (Fsp3) is 0.179. The maximum Gasteiger partial charge on any atom is 0.335 e. The number of esters is 3. The molecule has 0 heterocycles. The van der Waals surface area contributed by atoms with Crippen molar-refractivity contribution in [3.63, 3.8) is 0 Å². The highest BCUT2D eigenvalue weighted by molar-refractivity contribution is 5.88. The van der Waals surface area contributed by atoms with Crippen LogP contribution in [0.25, 0.3) is 5.57 Å². The average Bonchev–Trinajstić information content (AvgIpc) is 2.87. The molecule has 1 aliphatic carbocycles. The summed E-state index contributed by atoms with van der Waals surface area (Å²) in [5, 5.41) is 0. The van der Waals surface area contributed by atoms with Gasteiger partial charge in [0.2, 0.25) is 0 Å². The maximum absolute atomic E-state index is 14.9. The highest BCUT2D eigenvalue weighted by Crippen LogP contribution is 2.39. The second-order valence-electron chi connectivity index (χ2n) is 7.72. The topological polar surface area (TPSA) is 78.9 Å². The van der Waals surface area contributed by atoms with Crippen LogP contribution in [-0.4, -0.2) is 17.9 Å². The van der Waals surface area contributed by atoms with Crippen LogP contribution in [0.15, 0.2) is 79.9 Å². The quantitative estimate of drug-likeness (QED) is 0.270. The van der Waals surface area contributed by atoms with Crippen LogP contribution in [0, 0.1) is 5.82 Å². The number of allylic oxidation sites excluding steroid dienone is 1. The molecule has 0 spiro atoms. The van der Waals surface area contributed by atoms with Gasteiger partial charge in [-0.15, -0.1) is 0 Å². The zero-order chi connectivity index (χ0) is 25.4. The van der Waals surface area contributed by atoms with Gasteiger partial charge in [0.1, 0.15) is 0 Å². The van der Waals surface area contributed by atoms with Gasteiger partial charge in [-0.1, -0.05) is 43.9 Å². The predicted octanol–water partition coefficient (Wildman–Crippen LogP) is 5.87. The molecule has 1 saturated carbocycles. The van der Waals surface area contributed by atoms with Crippen molar-refractivity contribution in [1.82, 2.24) is 0 Å². The van der Waals surface area contributed by atoms with E-state index < -0.39 is 23.7 Å². The highest BCUT2D eigenvalue weighted by Gasteiger charge is 2.20. The van der Waals surface area contributed by atoms with E-state index in [-0.39, 0.29) is 17.2 Å². The Kier molecular flexibility index (Phi) is 8.51. The summed E-state index contributed by atoms with van der Waals surface area (Å²) in [5.41, 5.74) is 3.09. The molecular weight excluding hydrogens is 451 g/mol. The molecule has 1 fully saturated rings. The Morgan fingerprint density at radius 2 is 1.17 bits per heavy atom. The van der Waals surface area contributed by atoms with E-state index in [0.717, 1.165) is 61.5 Å². The molecule has 7 heteroatoms. The average molecular weight is 477 g/mol. The van der Waals surface area contributed by atoms with Crippen molar-refractivity contribution in [2.75, 3.05) is 0 Å². The van der Waals surface area contributed by atoms with E-state index >= 15 is 0 Å². The smallest absolute Gasteiger partial charge is 0.335 e. The molecule has 3 rings (SSSR count). The summed E-state index contributed by atoms with van der Waals surface area (Å²) in [4.78, 5) is 35.2. The molecule has 0 amide bonds. The second kappa shape index (κ2) is 11.7. The molecule has 2 aromatic rings. The highest BCUT2D eigenvalue weighted by atomic mass is 19.1. The van der Waals surface area contributed by atoms with Crippen molar-refractivity contribution in [2.45, 2.75) is 32.1 Å². The van der Waals surface area contributed by atoms with E-state index in [1.807, 2.05) is 0 Å². The fourth-order valence-corrected chi connectivity index (χ4v) is 3.82. The van der Waals surface area contributed by atoms with Gasteiger partial charge in [0.25, 0.3) is 0 Å². The van der Waals surface area contributed by atoms with Gasteiger partial charge in [-0.05, 0) is 66.6 Å². The van der Waals surface area contributed by atoms with Crippen molar-refractivity contribution in [1.29, 1.82) is 0 Å². The molecule has 0 unspecified atom stereocenters. The monoisotopic (exact) mass is 476 g/mol. The Morgan fingerprint density at radius 1 is 0.686 bits per heavy atom. The van der Waals surface area contributed by atoms with Gasteiger partial charge >= 0.3 is 17.9 Å². The van der Waals surface area contributed by atoms with E-state index in [1.54, 1.807) is 18.2 Å². The van der Waals surface area contributed by atoms with E-state index in [9.17, 15) is 18.8 Å². The van der Waals surface area contributed by atoms with Gasteiger partial charge in [0, 0.05) is 18.2 Å². The summed E-state index contributed by atoms with van der Waals surface area (Å²) in [5.74, 6) is -3.09. The molecule has 35 heavy (non-hydrogen) atoms. The lowest BCUT2D eigenvalue weighted by Crippen LogP contribution is -2.09. The number of carbonyl (C=O) groups excluding carboxylic acids is 3. The lowest BCUT2D eigenvalue weighted by molar-refractivity contribution is -0.131. The second-order valence-corrected chi connectivity index (χ2v) is 7.72. The number of carbonyl (C=O) groups is 3. The molecule has 0 bridgehead atoms. The minimum Gasteiger partial charge on any atom is -0.420 e. The van der Waals surface area contributed by atoms with E-state index in [1.165, 1.54) is 18.2 Å². The number of rotatable bonds is 8. The van der Waals surface area contributed by atoms with Crippen molar-refractivity contribution in [3.8, 4) is 17.2 Å². The molecule has 0 N–H and O–H groups in total. The van der Waals surface area contributed by atoms with Crippen LogP contribution in [0.3, 0.4) is 0 Å². The van der Waals surface area contributed by atoms with Crippen molar-refractivity contribution in [3.05, 3.63) is 96.9 Å². The van der Waals surface area contributed by atoms with Gasteiger partial charge < -0.3 is 14.2 Å². The van der Waals surface area contributed by atoms with Gasteiger partial charge in [-0.3, -0.25) is 0 Å². The first kappa shape index (κ1) is 25.4. The molecule has 1 aliphatic rings. The first-order chi connectivity index (χ1) is 16.9. The van der Waals surface area contributed by atoms with E-state index in [4.69, 9.17) is 14.2 Å².